The van der Waals surface area contributed by atoms with E-state index in [9.17, 15) is 19.2 Å². The van der Waals surface area contributed by atoms with Crippen molar-refractivity contribution in [2.45, 2.75) is 13.8 Å². The van der Waals surface area contributed by atoms with Crippen molar-refractivity contribution in [3.05, 3.63) is 82.9 Å². The summed E-state index contributed by atoms with van der Waals surface area (Å²) in [4.78, 5) is 48.8. The van der Waals surface area contributed by atoms with Gasteiger partial charge in [0.05, 0.1) is 46.8 Å². The first-order valence-corrected chi connectivity index (χ1v) is 11.0. The van der Waals surface area contributed by atoms with E-state index in [1.165, 1.54) is 0 Å². The van der Waals surface area contributed by atoms with Crippen LogP contribution in [0.25, 0.3) is 0 Å². The Labute approximate surface area is 201 Å². The minimum atomic E-state index is -0.496. The summed E-state index contributed by atoms with van der Waals surface area (Å²) < 4.78 is 10.1. The first-order chi connectivity index (χ1) is 16.9. The molecule has 4 rings (SSSR count). The molecule has 3 aromatic carbocycles. The van der Waals surface area contributed by atoms with Crippen LogP contribution in [0.5, 0.6) is 0 Å². The van der Waals surface area contributed by atoms with Gasteiger partial charge in [0.25, 0.3) is 11.8 Å². The monoisotopic (exact) mass is 473 g/mol. The van der Waals surface area contributed by atoms with Crippen LogP contribution in [0.2, 0.25) is 0 Å². The largest absolute Gasteiger partial charge is 0.462 e. The lowest BCUT2D eigenvalue weighted by atomic mass is 10.1. The van der Waals surface area contributed by atoms with E-state index < -0.39 is 23.8 Å². The Morgan fingerprint density at radius 1 is 0.714 bits per heavy atom. The minimum absolute atomic E-state index is 0.227. The van der Waals surface area contributed by atoms with Crippen molar-refractivity contribution < 1.29 is 28.7 Å². The lowest BCUT2D eigenvalue weighted by molar-refractivity contribution is 0.0517. The van der Waals surface area contributed by atoms with Gasteiger partial charge in [0.15, 0.2) is 0 Å². The molecule has 1 aliphatic heterocycles. The molecule has 2 amide bonds. The number of rotatable bonds is 8. The number of nitrogens with one attached hydrogen (secondary N) is 3. The summed E-state index contributed by atoms with van der Waals surface area (Å²) in [5, 5.41) is 8.68. The fourth-order valence-corrected chi connectivity index (χ4v) is 3.61. The molecule has 178 valence electrons. The molecule has 0 saturated carbocycles. The molecule has 0 spiro atoms. The van der Waals surface area contributed by atoms with Crippen LogP contribution in [-0.4, -0.2) is 37.0 Å². The van der Waals surface area contributed by atoms with E-state index in [0.717, 1.165) is 0 Å². The van der Waals surface area contributed by atoms with Gasteiger partial charge < -0.3 is 20.1 Å². The van der Waals surface area contributed by atoms with Gasteiger partial charge in [-0.2, -0.15) is 0 Å². The maximum absolute atomic E-state index is 12.3. The molecule has 9 heteroatoms. The number of carbonyl (C=O) groups excluding carboxylic acids is 4. The number of carbonyl (C=O) groups is 4. The molecule has 0 fully saturated rings. The highest BCUT2D eigenvalue weighted by Crippen LogP contribution is 2.34. The molecule has 35 heavy (non-hydrogen) atoms. The summed E-state index contributed by atoms with van der Waals surface area (Å²) >= 11 is 0. The third-order valence-corrected chi connectivity index (χ3v) is 5.18. The lowest BCUT2D eigenvalue weighted by Gasteiger charge is -2.16. The van der Waals surface area contributed by atoms with Gasteiger partial charge in [0, 0.05) is 11.4 Å². The third kappa shape index (κ3) is 5.14. The molecule has 0 aliphatic carbocycles. The van der Waals surface area contributed by atoms with Gasteiger partial charge in [0.1, 0.15) is 0 Å². The van der Waals surface area contributed by atoms with E-state index in [1.54, 1.807) is 74.5 Å². The zero-order valence-electron chi connectivity index (χ0n) is 19.1. The van der Waals surface area contributed by atoms with Crippen LogP contribution < -0.4 is 16.0 Å². The van der Waals surface area contributed by atoms with Crippen LogP contribution >= 0.6 is 0 Å². The van der Waals surface area contributed by atoms with Gasteiger partial charge in [-0.05, 0) is 62.4 Å². The van der Waals surface area contributed by atoms with E-state index >= 15 is 0 Å². The van der Waals surface area contributed by atoms with Gasteiger partial charge >= 0.3 is 11.9 Å². The standard InChI is InChI=1S/C26H23N3O6/c1-3-34-25(32)15-7-5-9-17(11-15)27-21-13-19-20(24(31)29-23(19)30)14-22(21)28-18-10-6-8-16(12-18)26(33)35-4-2/h5-14,27-28H,3-4H2,1-2H3,(H,29,30,31). The van der Waals surface area contributed by atoms with Crippen molar-refractivity contribution in [1.82, 2.24) is 5.32 Å². The third-order valence-electron chi connectivity index (χ3n) is 5.18. The van der Waals surface area contributed by atoms with Crippen molar-refractivity contribution in [2.75, 3.05) is 23.8 Å². The Balaban J connectivity index is 1.71. The van der Waals surface area contributed by atoms with E-state index in [4.69, 9.17) is 9.47 Å². The average Bonchev–Trinajstić information content (AvgIpc) is 3.12. The van der Waals surface area contributed by atoms with Crippen molar-refractivity contribution in [2.24, 2.45) is 0 Å². The normalized spacial score (nSPS) is 11.9. The molecular weight excluding hydrogens is 450 g/mol. The number of ether oxygens (including phenoxy) is 2. The molecule has 0 aromatic heterocycles. The second kappa shape index (κ2) is 10.1. The van der Waals surface area contributed by atoms with Crippen LogP contribution in [0.4, 0.5) is 22.7 Å². The van der Waals surface area contributed by atoms with Gasteiger partial charge in [-0.15, -0.1) is 0 Å². The number of imide groups is 1. The van der Waals surface area contributed by atoms with Gasteiger partial charge in [-0.3, -0.25) is 14.9 Å². The lowest BCUT2D eigenvalue weighted by Crippen LogP contribution is -2.19. The molecule has 0 atom stereocenters. The van der Waals surface area contributed by atoms with Gasteiger partial charge in [-0.1, -0.05) is 12.1 Å². The molecule has 0 bridgehead atoms. The van der Waals surface area contributed by atoms with Crippen LogP contribution in [-0.2, 0) is 9.47 Å². The summed E-state index contributed by atoms with van der Waals surface area (Å²) in [6.45, 7) is 3.96. The molecule has 0 radical (unpaired) electrons. The smallest absolute Gasteiger partial charge is 0.338 e. The van der Waals surface area contributed by atoms with Gasteiger partial charge in [-0.25, -0.2) is 9.59 Å². The second-order valence-electron chi connectivity index (χ2n) is 7.58. The highest BCUT2D eigenvalue weighted by molar-refractivity contribution is 6.22. The van der Waals surface area contributed by atoms with Crippen LogP contribution in [0.1, 0.15) is 55.3 Å². The Bertz CT molecular complexity index is 1230. The molecule has 0 unspecified atom stereocenters. The SMILES string of the molecule is CCOC(=O)c1cccc(Nc2cc3c(cc2Nc2cccc(C(=O)OCC)c2)C(=O)NC3=O)c1. The van der Waals surface area contributed by atoms with Crippen molar-refractivity contribution in [3.8, 4) is 0 Å². The number of hydrogen-bond acceptors (Lipinski definition) is 8. The molecular formula is C26H23N3O6. The predicted molar refractivity (Wildman–Crippen MR) is 130 cm³/mol. The van der Waals surface area contributed by atoms with E-state index in [2.05, 4.69) is 16.0 Å². The van der Waals surface area contributed by atoms with E-state index in [-0.39, 0.29) is 24.3 Å². The van der Waals surface area contributed by atoms with E-state index in [0.29, 0.717) is 33.9 Å². The van der Waals surface area contributed by atoms with E-state index in [1.807, 2.05) is 0 Å². The summed E-state index contributed by atoms with van der Waals surface area (Å²) in [5.74, 6) is -1.90. The number of fused-ring (bicyclic) bond motifs is 1. The first kappa shape index (κ1) is 23.5. The summed E-state index contributed by atoms with van der Waals surface area (Å²) in [5.41, 5.74) is 3.29. The number of esters is 2. The Hall–Kier alpha value is -4.66. The molecule has 3 aromatic rings. The first-order valence-electron chi connectivity index (χ1n) is 11.0. The van der Waals surface area contributed by atoms with Crippen LogP contribution in [0, 0.1) is 0 Å². The molecule has 1 heterocycles. The number of benzene rings is 3. The quantitative estimate of drug-likeness (QED) is 0.325. The minimum Gasteiger partial charge on any atom is -0.462 e. The maximum atomic E-state index is 12.3. The Kier molecular flexibility index (Phi) is 6.77. The predicted octanol–water partition coefficient (Wildman–Crippen LogP) is 4.41. The van der Waals surface area contributed by atoms with Crippen molar-refractivity contribution in [1.29, 1.82) is 0 Å². The summed E-state index contributed by atoms with van der Waals surface area (Å²) in [6, 6.07) is 16.6. The fraction of sp³-hybridized carbons (Fsp3) is 0.154. The fourth-order valence-electron chi connectivity index (χ4n) is 3.61. The molecule has 9 nitrogen and oxygen atoms in total. The van der Waals surface area contributed by atoms with Gasteiger partial charge in [0.2, 0.25) is 0 Å². The van der Waals surface area contributed by atoms with Crippen LogP contribution in [0.3, 0.4) is 0 Å². The Morgan fingerprint density at radius 2 is 1.14 bits per heavy atom. The van der Waals surface area contributed by atoms with Crippen molar-refractivity contribution in [3.63, 3.8) is 0 Å². The van der Waals surface area contributed by atoms with Crippen LogP contribution in [0.15, 0.2) is 60.7 Å². The maximum Gasteiger partial charge on any atom is 0.338 e. The number of amides is 2. The molecule has 1 aliphatic rings. The van der Waals surface area contributed by atoms with Crippen molar-refractivity contribution >= 4 is 46.5 Å². The summed E-state index contributed by atoms with van der Waals surface area (Å²) in [6.07, 6.45) is 0. The zero-order chi connectivity index (χ0) is 24.9. The topological polar surface area (TPSA) is 123 Å². The highest BCUT2D eigenvalue weighted by Gasteiger charge is 2.28. The highest BCUT2D eigenvalue weighted by atomic mass is 16.5. The second-order valence-corrected chi connectivity index (χ2v) is 7.58. The number of hydrogen-bond donors (Lipinski definition) is 3. The Morgan fingerprint density at radius 3 is 1.54 bits per heavy atom. The number of anilines is 4. The average molecular weight is 473 g/mol. The zero-order valence-corrected chi connectivity index (χ0v) is 19.1. The molecule has 0 saturated heterocycles. The summed E-state index contributed by atoms with van der Waals surface area (Å²) in [7, 11) is 0. The molecule has 3 N–H and O–H groups in total.